The van der Waals surface area contributed by atoms with Crippen LogP contribution in [0.1, 0.15) is 10.6 Å². The van der Waals surface area contributed by atoms with Crippen molar-refractivity contribution in [2.24, 2.45) is 0 Å². The molecule has 1 aromatic heterocycles. The summed E-state index contributed by atoms with van der Waals surface area (Å²) in [6, 6.07) is 18.1. The molecule has 0 aliphatic carbocycles. The molecule has 0 spiro atoms. The third kappa shape index (κ3) is 3.80. The van der Waals surface area contributed by atoms with Crippen LogP contribution in [0.3, 0.4) is 0 Å². The van der Waals surface area contributed by atoms with Crippen LogP contribution in [0.15, 0.2) is 60.7 Å². The van der Waals surface area contributed by atoms with Crippen LogP contribution in [-0.4, -0.2) is 17.4 Å². The van der Waals surface area contributed by atoms with Crippen molar-refractivity contribution in [3.63, 3.8) is 0 Å². The van der Waals surface area contributed by atoms with E-state index in [1.165, 1.54) is 5.56 Å². The lowest BCUT2D eigenvalue weighted by Crippen LogP contribution is -2.23. The molecule has 0 unspecified atom stereocenters. The molecule has 3 rings (SSSR count). The first-order valence-electron chi connectivity index (χ1n) is 7.17. The normalized spacial score (nSPS) is 11.1. The van der Waals surface area contributed by atoms with Crippen molar-refractivity contribution in [3.05, 3.63) is 71.2 Å². The fraction of sp³-hybridized carbons (Fsp3) is 0.111. The van der Waals surface area contributed by atoms with Crippen LogP contribution in [0.4, 0.5) is 0 Å². The van der Waals surface area contributed by atoms with Crippen molar-refractivity contribution in [3.8, 4) is 0 Å². The van der Waals surface area contributed by atoms with Crippen LogP contribution in [0.2, 0.25) is 0 Å². The molecule has 0 saturated heterocycles. The van der Waals surface area contributed by atoms with Gasteiger partial charge in [-0.15, -0.1) is 11.3 Å². The zero-order valence-electron chi connectivity index (χ0n) is 12.0. The summed E-state index contributed by atoms with van der Waals surface area (Å²) in [5.41, 5.74) is 2.19. The van der Waals surface area contributed by atoms with E-state index in [9.17, 15) is 4.79 Å². The first kappa shape index (κ1) is 14.5. The molecule has 0 fully saturated rings. The summed E-state index contributed by atoms with van der Waals surface area (Å²) in [7, 11) is 0. The summed E-state index contributed by atoms with van der Waals surface area (Å²) in [5.74, 6) is -0.0878. The Labute approximate surface area is 133 Å². The van der Waals surface area contributed by atoms with Crippen molar-refractivity contribution in [2.45, 2.75) is 6.42 Å². The molecule has 4 heteroatoms. The van der Waals surface area contributed by atoms with E-state index in [-0.39, 0.29) is 5.91 Å². The molecular weight excluding hydrogens is 292 g/mol. The lowest BCUT2D eigenvalue weighted by molar-refractivity contribution is -0.116. The van der Waals surface area contributed by atoms with E-state index in [0.717, 1.165) is 21.6 Å². The second-order valence-electron chi connectivity index (χ2n) is 4.88. The summed E-state index contributed by atoms with van der Waals surface area (Å²) in [6.07, 6.45) is 4.15. The number of nitrogens with one attached hydrogen (secondary N) is 1. The highest BCUT2D eigenvalue weighted by Gasteiger charge is 2.01. The third-order valence-corrected chi connectivity index (χ3v) is 4.25. The summed E-state index contributed by atoms with van der Waals surface area (Å²) in [5, 5.41) is 3.73. The minimum absolute atomic E-state index is 0.0878. The Hall–Kier alpha value is -2.46. The molecule has 110 valence electrons. The van der Waals surface area contributed by atoms with Gasteiger partial charge in [-0.05, 0) is 30.2 Å². The second-order valence-corrected chi connectivity index (χ2v) is 5.94. The monoisotopic (exact) mass is 308 g/mol. The largest absolute Gasteiger partial charge is 0.352 e. The van der Waals surface area contributed by atoms with Gasteiger partial charge < -0.3 is 5.32 Å². The van der Waals surface area contributed by atoms with Crippen LogP contribution >= 0.6 is 11.3 Å². The first-order valence-corrected chi connectivity index (χ1v) is 7.98. The van der Waals surface area contributed by atoms with E-state index >= 15 is 0 Å². The van der Waals surface area contributed by atoms with Gasteiger partial charge in [-0.3, -0.25) is 4.79 Å². The van der Waals surface area contributed by atoms with Gasteiger partial charge in [-0.2, -0.15) is 0 Å². The fourth-order valence-electron chi connectivity index (χ4n) is 2.14. The molecule has 0 saturated carbocycles. The number of benzene rings is 2. The van der Waals surface area contributed by atoms with E-state index in [0.29, 0.717) is 6.54 Å². The zero-order valence-corrected chi connectivity index (χ0v) is 12.8. The average molecular weight is 308 g/mol. The molecule has 0 aliphatic heterocycles. The molecule has 1 amide bonds. The molecule has 0 radical (unpaired) electrons. The smallest absolute Gasteiger partial charge is 0.244 e. The van der Waals surface area contributed by atoms with Crippen molar-refractivity contribution in [1.29, 1.82) is 0 Å². The van der Waals surface area contributed by atoms with E-state index in [1.807, 2.05) is 42.5 Å². The summed E-state index contributed by atoms with van der Waals surface area (Å²) >= 11 is 1.58. The first-order chi connectivity index (χ1) is 10.8. The fourth-order valence-corrected chi connectivity index (χ4v) is 3.01. The van der Waals surface area contributed by atoms with Crippen LogP contribution < -0.4 is 5.32 Å². The van der Waals surface area contributed by atoms with Gasteiger partial charge >= 0.3 is 0 Å². The highest BCUT2D eigenvalue weighted by Crippen LogP contribution is 2.22. The molecule has 0 atom stereocenters. The van der Waals surface area contributed by atoms with E-state index < -0.39 is 0 Å². The van der Waals surface area contributed by atoms with Crippen LogP contribution in [0.5, 0.6) is 0 Å². The summed E-state index contributed by atoms with van der Waals surface area (Å²) in [6.45, 7) is 0.632. The number of hydrogen-bond donors (Lipinski definition) is 1. The second kappa shape index (κ2) is 7.00. The molecule has 0 aliphatic rings. The Morgan fingerprint density at radius 1 is 1.09 bits per heavy atom. The van der Waals surface area contributed by atoms with Crippen molar-refractivity contribution in [1.82, 2.24) is 10.3 Å². The van der Waals surface area contributed by atoms with Gasteiger partial charge in [-0.25, -0.2) is 4.98 Å². The lowest BCUT2D eigenvalue weighted by atomic mass is 10.1. The number of carbonyl (C=O) groups is 1. The van der Waals surface area contributed by atoms with Gasteiger partial charge in [0.2, 0.25) is 5.91 Å². The number of amides is 1. The van der Waals surface area contributed by atoms with Crippen molar-refractivity contribution >= 4 is 33.5 Å². The third-order valence-electron chi connectivity index (χ3n) is 3.24. The van der Waals surface area contributed by atoms with E-state index in [1.54, 1.807) is 23.5 Å². The Kier molecular flexibility index (Phi) is 4.61. The van der Waals surface area contributed by atoms with Crippen LogP contribution in [-0.2, 0) is 11.2 Å². The van der Waals surface area contributed by atoms with Crippen LogP contribution in [0, 0.1) is 0 Å². The molecule has 0 bridgehead atoms. The number of rotatable bonds is 5. The number of para-hydroxylation sites is 1. The Morgan fingerprint density at radius 2 is 1.86 bits per heavy atom. The molecule has 2 aromatic carbocycles. The minimum atomic E-state index is -0.0878. The highest BCUT2D eigenvalue weighted by atomic mass is 32.1. The number of hydrogen-bond acceptors (Lipinski definition) is 3. The molecule has 1 heterocycles. The van der Waals surface area contributed by atoms with Gasteiger partial charge in [0.25, 0.3) is 0 Å². The number of nitrogens with zero attached hydrogens (tertiary/aromatic N) is 1. The standard InChI is InChI=1S/C18H16N2OS/c21-17(19-13-12-14-6-2-1-3-7-14)10-11-18-20-15-8-4-5-9-16(15)22-18/h1-11H,12-13H2,(H,19,21). The maximum atomic E-state index is 11.8. The quantitative estimate of drug-likeness (QED) is 0.731. The SMILES string of the molecule is O=C(C=Cc1nc2ccccc2s1)NCCc1ccccc1. The molecule has 3 aromatic rings. The predicted octanol–water partition coefficient (Wildman–Crippen LogP) is 3.67. The lowest BCUT2D eigenvalue weighted by Gasteiger charge is -2.02. The van der Waals surface area contributed by atoms with Gasteiger partial charge in [0, 0.05) is 12.6 Å². The molecule has 3 nitrogen and oxygen atoms in total. The minimum Gasteiger partial charge on any atom is -0.352 e. The number of thiazole rings is 1. The summed E-state index contributed by atoms with van der Waals surface area (Å²) < 4.78 is 1.13. The van der Waals surface area contributed by atoms with Crippen molar-refractivity contribution < 1.29 is 4.79 Å². The van der Waals surface area contributed by atoms with E-state index in [2.05, 4.69) is 22.4 Å². The Morgan fingerprint density at radius 3 is 2.68 bits per heavy atom. The van der Waals surface area contributed by atoms with Gasteiger partial charge in [-0.1, -0.05) is 42.5 Å². The Bertz CT molecular complexity index is 760. The van der Waals surface area contributed by atoms with Crippen molar-refractivity contribution in [2.75, 3.05) is 6.54 Å². The van der Waals surface area contributed by atoms with Crippen LogP contribution in [0.25, 0.3) is 16.3 Å². The zero-order chi connectivity index (χ0) is 15.2. The van der Waals surface area contributed by atoms with E-state index in [4.69, 9.17) is 0 Å². The van der Waals surface area contributed by atoms with Gasteiger partial charge in [0.05, 0.1) is 10.2 Å². The highest BCUT2D eigenvalue weighted by molar-refractivity contribution is 7.19. The predicted molar refractivity (Wildman–Crippen MR) is 91.8 cm³/mol. The van der Waals surface area contributed by atoms with Gasteiger partial charge in [0.1, 0.15) is 5.01 Å². The molecular formula is C18H16N2OS. The number of fused-ring (bicyclic) bond motifs is 1. The maximum absolute atomic E-state index is 11.8. The number of aromatic nitrogens is 1. The number of carbonyl (C=O) groups excluding carboxylic acids is 1. The topological polar surface area (TPSA) is 42.0 Å². The summed E-state index contributed by atoms with van der Waals surface area (Å²) in [4.78, 5) is 16.3. The molecule has 1 N–H and O–H groups in total. The Balaban J connectivity index is 1.52. The van der Waals surface area contributed by atoms with Gasteiger partial charge in [0.15, 0.2) is 0 Å². The average Bonchev–Trinajstić information content (AvgIpc) is 2.97. The molecule has 22 heavy (non-hydrogen) atoms. The maximum Gasteiger partial charge on any atom is 0.244 e.